The third-order valence-corrected chi connectivity index (χ3v) is 3.62. The Kier molecular flexibility index (Phi) is 3.24. The first kappa shape index (κ1) is 13.4. The molecule has 0 unspecified atom stereocenters. The summed E-state index contributed by atoms with van der Waals surface area (Å²) >= 11 is 6.06. The number of benzene rings is 1. The van der Waals surface area contributed by atoms with E-state index in [1.165, 1.54) is 16.8 Å². The molecule has 1 heterocycles. The molecule has 1 aromatic heterocycles. The SMILES string of the molecule is Cc1nn(-c2ccc(C(=O)O)c(C)c2O)c(C)c1Cl. The van der Waals surface area contributed by atoms with Gasteiger partial charge in [-0.15, -0.1) is 0 Å². The van der Waals surface area contributed by atoms with Crippen LogP contribution in [-0.4, -0.2) is 26.0 Å². The molecule has 0 fully saturated rings. The molecule has 0 saturated heterocycles. The first-order valence-electron chi connectivity index (χ1n) is 5.62. The second kappa shape index (κ2) is 4.59. The molecule has 6 heteroatoms. The number of carboxylic acids is 1. The minimum Gasteiger partial charge on any atom is -0.505 e. The molecule has 2 rings (SSSR count). The number of nitrogens with zero attached hydrogens (tertiary/aromatic N) is 2. The number of carbonyl (C=O) groups is 1. The van der Waals surface area contributed by atoms with E-state index in [0.29, 0.717) is 27.7 Å². The zero-order valence-corrected chi connectivity index (χ0v) is 11.5. The topological polar surface area (TPSA) is 75.4 Å². The van der Waals surface area contributed by atoms with Gasteiger partial charge in [-0.3, -0.25) is 0 Å². The Labute approximate surface area is 115 Å². The average Bonchev–Trinajstić information content (AvgIpc) is 2.60. The summed E-state index contributed by atoms with van der Waals surface area (Å²) in [6, 6.07) is 2.96. The van der Waals surface area contributed by atoms with E-state index >= 15 is 0 Å². The van der Waals surface area contributed by atoms with Crippen LogP contribution in [0.4, 0.5) is 0 Å². The van der Waals surface area contributed by atoms with Crippen molar-refractivity contribution < 1.29 is 15.0 Å². The first-order valence-corrected chi connectivity index (χ1v) is 6.00. The number of carboxylic acid groups (broad SMARTS) is 1. The molecule has 0 amide bonds. The van der Waals surface area contributed by atoms with Crippen molar-refractivity contribution in [3.05, 3.63) is 39.7 Å². The van der Waals surface area contributed by atoms with Crippen LogP contribution < -0.4 is 0 Å². The van der Waals surface area contributed by atoms with Gasteiger partial charge in [0.15, 0.2) is 0 Å². The van der Waals surface area contributed by atoms with Gasteiger partial charge >= 0.3 is 5.97 Å². The van der Waals surface area contributed by atoms with Crippen molar-refractivity contribution >= 4 is 17.6 Å². The molecule has 0 radical (unpaired) electrons. The van der Waals surface area contributed by atoms with Crippen LogP contribution in [0, 0.1) is 20.8 Å². The highest BCUT2D eigenvalue weighted by Gasteiger charge is 2.18. The van der Waals surface area contributed by atoms with Gasteiger partial charge in [-0.25, -0.2) is 9.48 Å². The average molecular weight is 281 g/mol. The van der Waals surface area contributed by atoms with Crippen LogP contribution in [0.5, 0.6) is 5.75 Å². The molecule has 0 aliphatic rings. The highest BCUT2D eigenvalue weighted by atomic mass is 35.5. The van der Waals surface area contributed by atoms with Gasteiger partial charge in [0.05, 0.1) is 22.0 Å². The Hall–Kier alpha value is -2.01. The van der Waals surface area contributed by atoms with Crippen molar-refractivity contribution in [1.82, 2.24) is 9.78 Å². The zero-order chi connectivity index (χ0) is 14.3. The second-order valence-electron chi connectivity index (χ2n) is 4.31. The third kappa shape index (κ3) is 2.06. The molecule has 2 N–H and O–H groups in total. The summed E-state index contributed by atoms with van der Waals surface area (Å²) in [4.78, 5) is 11.0. The van der Waals surface area contributed by atoms with Gasteiger partial charge in [0.2, 0.25) is 0 Å². The highest BCUT2D eigenvalue weighted by molar-refractivity contribution is 6.31. The molecule has 0 saturated carbocycles. The monoisotopic (exact) mass is 280 g/mol. The van der Waals surface area contributed by atoms with E-state index in [4.69, 9.17) is 16.7 Å². The number of hydrogen-bond acceptors (Lipinski definition) is 3. The number of phenolic OH excluding ortho intramolecular Hbond substituents is 1. The summed E-state index contributed by atoms with van der Waals surface area (Å²) in [5.74, 6) is -1.19. The van der Waals surface area contributed by atoms with E-state index in [-0.39, 0.29) is 11.3 Å². The lowest BCUT2D eigenvalue weighted by Gasteiger charge is -2.11. The predicted octanol–water partition coefficient (Wildman–Crippen LogP) is 2.85. The third-order valence-electron chi connectivity index (χ3n) is 3.07. The molecule has 0 aliphatic carbocycles. The zero-order valence-electron chi connectivity index (χ0n) is 10.7. The molecule has 0 aliphatic heterocycles. The van der Waals surface area contributed by atoms with Gasteiger partial charge < -0.3 is 10.2 Å². The highest BCUT2D eigenvalue weighted by Crippen LogP contribution is 2.31. The quantitative estimate of drug-likeness (QED) is 0.887. The van der Waals surface area contributed by atoms with Gasteiger partial charge in [-0.05, 0) is 32.9 Å². The van der Waals surface area contributed by atoms with Crippen molar-refractivity contribution in [3.63, 3.8) is 0 Å². The van der Waals surface area contributed by atoms with Gasteiger partial charge in [0.25, 0.3) is 0 Å². The molecule has 0 spiro atoms. The Morgan fingerprint density at radius 2 is 1.95 bits per heavy atom. The number of aryl methyl sites for hydroxylation is 1. The summed E-state index contributed by atoms with van der Waals surface area (Å²) < 4.78 is 1.51. The van der Waals surface area contributed by atoms with Crippen LogP contribution in [0.3, 0.4) is 0 Å². The van der Waals surface area contributed by atoms with Crippen LogP contribution >= 0.6 is 11.6 Å². The van der Waals surface area contributed by atoms with Crippen LogP contribution in [-0.2, 0) is 0 Å². The maximum Gasteiger partial charge on any atom is 0.336 e. The largest absolute Gasteiger partial charge is 0.505 e. The van der Waals surface area contributed by atoms with Gasteiger partial charge in [-0.2, -0.15) is 5.10 Å². The van der Waals surface area contributed by atoms with E-state index in [2.05, 4.69) is 5.10 Å². The summed E-state index contributed by atoms with van der Waals surface area (Å²) in [5.41, 5.74) is 2.12. The Balaban J connectivity index is 2.67. The van der Waals surface area contributed by atoms with E-state index in [1.54, 1.807) is 20.8 Å². The van der Waals surface area contributed by atoms with E-state index in [1.807, 2.05) is 0 Å². The van der Waals surface area contributed by atoms with Gasteiger partial charge in [0, 0.05) is 5.56 Å². The number of halogens is 1. The van der Waals surface area contributed by atoms with Crippen molar-refractivity contribution in [2.75, 3.05) is 0 Å². The van der Waals surface area contributed by atoms with Gasteiger partial charge in [-0.1, -0.05) is 11.6 Å². The lowest BCUT2D eigenvalue weighted by Crippen LogP contribution is -2.05. The molecule has 0 atom stereocenters. The predicted molar refractivity (Wildman–Crippen MR) is 71.4 cm³/mol. The number of rotatable bonds is 2. The Morgan fingerprint density at radius 3 is 2.42 bits per heavy atom. The fraction of sp³-hybridized carbons (Fsp3) is 0.231. The lowest BCUT2D eigenvalue weighted by molar-refractivity contribution is 0.0695. The van der Waals surface area contributed by atoms with Crippen LogP contribution in [0.15, 0.2) is 12.1 Å². The molecule has 19 heavy (non-hydrogen) atoms. The standard InChI is InChI=1S/C13H13ClN2O3/c1-6-9(13(18)19)4-5-10(12(6)17)16-8(3)11(14)7(2)15-16/h4-5,17H,1-3H3,(H,18,19). The minimum atomic E-state index is -1.08. The van der Waals surface area contributed by atoms with Crippen LogP contribution in [0.1, 0.15) is 27.3 Å². The normalized spacial score (nSPS) is 10.7. The maximum atomic E-state index is 11.0. The lowest BCUT2D eigenvalue weighted by atomic mass is 10.1. The summed E-state index contributed by atoms with van der Waals surface area (Å²) in [6.07, 6.45) is 0. The minimum absolute atomic E-state index is 0.0638. The fourth-order valence-electron chi connectivity index (χ4n) is 1.95. The van der Waals surface area contributed by atoms with Crippen molar-refractivity contribution in [2.45, 2.75) is 20.8 Å². The van der Waals surface area contributed by atoms with E-state index in [0.717, 1.165) is 0 Å². The Morgan fingerprint density at radius 1 is 1.32 bits per heavy atom. The van der Waals surface area contributed by atoms with E-state index in [9.17, 15) is 9.90 Å². The first-order chi connectivity index (χ1) is 8.84. The molecular formula is C13H13ClN2O3. The number of aromatic carboxylic acids is 1. The molecule has 0 bridgehead atoms. The summed E-state index contributed by atoms with van der Waals surface area (Å²) in [6.45, 7) is 5.10. The smallest absolute Gasteiger partial charge is 0.336 e. The molecule has 2 aromatic rings. The second-order valence-corrected chi connectivity index (χ2v) is 4.69. The van der Waals surface area contributed by atoms with Crippen molar-refractivity contribution in [1.29, 1.82) is 0 Å². The number of aromatic nitrogens is 2. The number of hydrogen-bond donors (Lipinski definition) is 2. The molecule has 100 valence electrons. The summed E-state index contributed by atoms with van der Waals surface area (Å²) in [5, 5.41) is 23.9. The van der Waals surface area contributed by atoms with Gasteiger partial charge in [0.1, 0.15) is 11.4 Å². The number of phenols is 1. The maximum absolute atomic E-state index is 11.0. The van der Waals surface area contributed by atoms with Crippen LogP contribution in [0.2, 0.25) is 5.02 Å². The number of aromatic hydroxyl groups is 1. The Bertz CT molecular complexity index is 677. The molecule has 1 aromatic carbocycles. The molecule has 5 nitrogen and oxygen atoms in total. The summed E-state index contributed by atoms with van der Waals surface area (Å²) in [7, 11) is 0. The van der Waals surface area contributed by atoms with E-state index < -0.39 is 5.97 Å². The van der Waals surface area contributed by atoms with Crippen molar-refractivity contribution in [2.24, 2.45) is 0 Å². The van der Waals surface area contributed by atoms with Crippen LogP contribution in [0.25, 0.3) is 5.69 Å². The van der Waals surface area contributed by atoms with Crippen molar-refractivity contribution in [3.8, 4) is 11.4 Å². The molecular weight excluding hydrogens is 268 g/mol. The fourth-order valence-corrected chi connectivity index (χ4v) is 2.06.